The van der Waals surface area contributed by atoms with Gasteiger partial charge in [-0.05, 0) is 24.3 Å². The van der Waals surface area contributed by atoms with Gasteiger partial charge in [0.25, 0.3) is 0 Å². The number of rotatable bonds is 7. The molecule has 0 radical (unpaired) electrons. The third kappa shape index (κ3) is 5.18. The van der Waals surface area contributed by atoms with Crippen LogP contribution in [-0.2, 0) is 29.2 Å². The number of nitrogens with two attached hydrogens (primary N) is 2. The number of oxime groups is 1. The van der Waals surface area contributed by atoms with Crippen LogP contribution in [0.15, 0.2) is 33.8 Å². The summed E-state index contributed by atoms with van der Waals surface area (Å²) in [5.41, 5.74) is 10.4. The summed E-state index contributed by atoms with van der Waals surface area (Å²) in [5, 5.41) is 2.91. The maximum atomic E-state index is 12.3. The smallest absolute Gasteiger partial charge is 0.336 e. The van der Waals surface area contributed by atoms with Gasteiger partial charge in [-0.1, -0.05) is 12.1 Å². The number of ketones is 1. The van der Waals surface area contributed by atoms with Gasteiger partial charge in [-0.15, -0.1) is 0 Å². The molecule has 1 aliphatic rings. The van der Waals surface area contributed by atoms with E-state index in [0.29, 0.717) is 5.56 Å². The molecule has 1 aliphatic heterocycles. The molecule has 1 heterocycles. The highest BCUT2D eigenvalue weighted by Gasteiger charge is 2.26. The molecule has 0 amide bonds. The van der Waals surface area contributed by atoms with E-state index < -0.39 is 37.6 Å². The molecule has 0 aliphatic carbocycles. The highest BCUT2D eigenvalue weighted by Crippen LogP contribution is 2.32. The number of hydrogen-bond acceptors (Lipinski definition) is 8. The molecular weight excluding hydrogens is 400 g/mol. The second-order valence-corrected chi connectivity index (χ2v) is 8.77. The van der Waals surface area contributed by atoms with Crippen molar-refractivity contribution in [2.24, 2.45) is 16.6 Å². The van der Waals surface area contributed by atoms with Crippen LogP contribution < -0.4 is 20.9 Å². The summed E-state index contributed by atoms with van der Waals surface area (Å²) in [6.45, 7) is -0.0182. The van der Waals surface area contributed by atoms with Gasteiger partial charge in [-0.3, -0.25) is 9.08 Å². The zero-order valence-corrected chi connectivity index (χ0v) is 15.8. The molecule has 0 saturated heterocycles. The molecule has 0 atom stereocenters. The van der Waals surface area contributed by atoms with E-state index in [-0.39, 0.29) is 29.2 Å². The minimum Gasteiger partial charge on any atom is -0.491 e. The lowest BCUT2D eigenvalue weighted by molar-refractivity contribution is -0.113. The zero-order chi connectivity index (χ0) is 20.2. The average molecular weight is 418 g/mol. The summed E-state index contributed by atoms with van der Waals surface area (Å²) in [4.78, 5) is 12.2. The number of fused-ring (bicyclic) bond motifs is 1. The van der Waals surface area contributed by atoms with Crippen molar-refractivity contribution in [1.29, 1.82) is 0 Å². The van der Waals surface area contributed by atoms with E-state index in [1.807, 2.05) is 0 Å². The summed E-state index contributed by atoms with van der Waals surface area (Å²) < 4.78 is 59.6. The maximum absolute atomic E-state index is 12.3. The van der Waals surface area contributed by atoms with E-state index in [0.717, 1.165) is 0 Å². The molecule has 0 aromatic heterocycles. The van der Waals surface area contributed by atoms with Gasteiger partial charge in [-0.25, -0.2) is 13.1 Å². The summed E-state index contributed by atoms with van der Waals surface area (Å²) in [5.74, 6) is -2.27. The summed E-state index contributed by atoms with van der Waals surface area (Å²) in [6.07, 6.45) is 1.46. The number of carbonyl (C=O) groups excluding carboxylic acids is 1. The number of nitrogens with zero attached hydrogens (tertiary/aromatic N) is 1. The van der Waals surface area contributed by atoms with Gasteiger partial charge in [0.2, 0.25) is 16.0 Å². The Labute approximate surface area is 156 Å². The number of nitrogens with one attached hydrogen (secondary N) is 1. The molecule has 0 bridgehead atoms. The topological polar surface area (TPSA) is 180 Å². The van der Waals surface area contributed by atoms with Crippen molar-refractivity contribution in [3.63, 3.8) is 0 Å². The molecule has 1 aromatic carbocycles. The Balaban J connectivity index is 2.35. The SMILES string of the molecule is CNS(=O)(=O)c1cccc2c1OCCC(C(=O)CS(=O)(=O)ON=C(N)N)=C2. The second kappa shape index (κ2) is 7.94. The van der Waals surface area contributed by atoms with Crippen LogP contribution in [0.4, 0.5) is 0 Å². The molecule has 0 saturated carbocycles. The van der Waals surface area contributed by atoms with Crippen molar-refractivity contribution < 1.29 is 30.7 Å². The molecule has 1 aromatic rings. The lowest BCUT2D eigenvalue weighted by Crippen LogP contribution is -2.25. The van der Waals surface area contributed by atoms with Crippen molar-refractivity contribution in [2.45, 2.75) is 11.3 Å². The van der Waals surface area contributed by atoms with Gasteiger partial charge >= 0.3 is 10.1 Å². The fourth-order valence-electron chi connectivity index (χ4n) is 2.24. The maximum Gasteiger partial charge on any atom is 0.336 e. The molecule has 0 spiro atoms. The number of benzene rings is 1. The van der Waals surface area contributed by atoms with Crippen LogP contribution in [0.3, 0.4) is 0 Å². The van der Waals surface area contributed by atoms with E-state index in [2.05, 4.69) is 14.2 Å². The molecule has 0 unspecified atom stereocenters. The first kappa shape index (κ1) is 20.7. The van der Waals surface area contributed by atoms with Crippen molar-refractivity contribution in [3.05, 3.63) is 29.3 Å². The predicted octanol–water partition coefficient (Wildman–Crippen LogP) is -1.14. The second-order valence-electron chi connectivity index (χ2n) is 5.37. The van der Waals surface area contributed by atoms with Crippen LogP contribution >= 0.6 is 0 Å². The lowest BCUT2D eigenvalue weighted by atomic mass is 10.1. The van der Waals surface area contributed by atoms with E-state index >= 15 is 0 Å². The first-order valence-electron chi connectivity index (χ1n) is 7.49. The highest BCUT2D eigenvalue weighted by molar-refractivity contribution is 7.89. The van der Waals surface area contributed by atoms with Crippen LogP contribution in [-0.4, -0.2) is 48.0 Å². The van der Waals surface area contributed by atoms with Crippen LogP contribution in [0.25, 0.3) is 6.08 Å². The number of Topliss-reactive ketones (excluding diaryl/α,β-unsaturated/α-hetero) is 1. The normalized spacial score (nSPS) is 14.2. The van der Waals surface area contributed by atoms with Crippen LogP contribution in [0, 0.1) is 0 Å². The third-order valence-corrected chi connectivity index (χ3v) is 5.79. The molecule has 2 rings (SSSR count). The van der Waals surface area contributed by atoms with E-state index in [1.165, 1.54) is 25.3 Å². The van der Waals surface area contributed by atoms with Gasteiger partial charge in [0.15, 0.2) is 11.5 Å². The van der Waals surface area contributed by atoms with Crippen molar-refractivity contribution in [1.82, 2.24) is 4.72 Å². The van der Waals surface area contributed by atoms with E-state index in [9.17, 15) is 21.6 Å². The summed E-state index contributed by atoms with van der Waals surface area (Å²) >= 11 is 0. The van der Waals surface area contributed by atoms with Gasteiger partial charge in [0.05, 0.1) is 6.61 Å². The molecule has 5 N–H and O–H groups in total. The van der Waals surface area contributed by atoms with Crippen LogP contribution in [0.2, 0.25) is 0 Å². The molecular formula is C14H18N4O7S2. The number of hydrogen-bond donors (Lipinski definition) is 3. The molecule has 13 heteroatoms. The Morgan fingerprint density at radius 3 is 2.63 bits per heavy atom. The zero-order valence-electron chi connectivity index (χ0n) is 14.2. The number of ether oxygens (including phenoxy) is 1. The Kier molecular flexibility index (Phi) is 6.08. The minimum atomic E-state index is -4.33. The van der Waals surface area contributed by atoms with Gasteiger partial charge in [0, 0.05) is 17.6 Å². The molecule has 148 valence electrons. The van der Waals surface area contributed by atoms with Gasteiger partial charge in [0.1, 0.15) is 10.6 Å². The molecule has 0 fully saturated rings. The predicted molar refractivity (Wildman–Crippen MR) is 96.5 cm³/mol. The van der Waals surface area contributed by atoms with E-state index in [1.54, 1.807) is 6.07 Å². The number of sulfonamides is 1. The molecule has 11 nitrogen and oxygen atoms in total. The van der Waals surface area contributed by atoms with Crippen LogP contribution in [0.1, 0.15) is 12.0 Å². The third-order valence-electron chi connectivity index (χ3n) is 3.44. The lowest BCUT2D eigenvalue weighted by Gasteiger charge is -2.11. The first-order chi connectivity index (χ1) is 12.6. The van der Waals surface area contributed by atoms with Gasteiger partial charge < -0.3 is 16.2 Å². The van der Waals surface area contributed by atoms with Crippen LogP contribution in [0.5, 0.6) is 5.75 Å². The summed E-state index contributed by atoms with van der Waals surface area (Å²) in [6, 6.07) is 4.39. The fraction of sp³-hybridized carbons (Fsp3) is 0.286. The first-order valence-corrected chi connectivity index (χ1v) is 10.5. The fourth-order valence-corrected chi connectivity index (χ4v) is 3.90. The minimum absolute atomic E-state index is 0.0182. The average Bonchev–Trinajstić information content (AvgIpc) is 2.82. The Morgan fingerprint density at radius 1 is 1.30 bits per heavy atom. The Bertz CT molecular complexity index is 1010. The molecule has 27 heavy (non-hydrogen) atoms. The highest BCUT2D eigenvalue weighted by atomic mass is 32.2. The Hall–Kier alpha value is -2.64. The van der Waals surface area contributed by atoms with Crippen molar-refractivity contribution in [2.75, 3.05) is 19.4 Å². The Morgan fingerprint density at radius 2 is 2.00 bits per heavy atom. The quantitative estimate of drug-likeness (QED) is 0.280. The summed E-state index contributed by atoms with van der Waals surface area (Å²) in [7, 11) is -6.85. The largest absolute Gasteiger partial charge is 0.491 e. The van der Waals surface area contributed by atoms with E-state index in [4.69, 9.17) is 16.2 Å². The number of carbonyl (C=O) groups is 1. The monoisotopic (exact) mass is 418 g/mol. The standard InChI is InChI=1S/C14H18N4O7S2/c1-17-27(22,23)12-4-2-3-10-7-9(5-6-24-13(10)12)11(19)8-26(20,21)25-18-14(15)16/h2-4,7,17H,5-6,8H2,1H3,(H4,15,16,18). The number of para-hydroxylation sites is 1. The van der Waals surface area contributed by atoms with Crippen molar-refractivity contribution >= 4 is 38.0 Å². The van der Waals surface area contributed by atoms with Crippen molar-refractivity contribution in [3.8, 4) is 5.75 Å². The number of guanidine groups is 1. The van der Waals surface area contributed by atoms with Gasteiger partial charge in [-0.2, -0.15) is 8.42 Å².